The van der Waals surface area contributed by atoms with Crippen LogP contribution in [-0.2, 0) is 16.6 Å². The van der Waals surface area contributed by atoms with E-state index in [9.17, 15) is 13.2 Å². The van der Waals surface area contributed by atoms with Crippen molar-refractivity contribution in [3.8, 4) is 0 Å². The second kappa shape index (κ2) is 7.40. The largest absolute Gasteiger partial charge is 0.459 e. The number of carbonyl (C=O) groups excluding carboxylic acids is 1. The molecule has 4 N–H and O–H groups in total. The highest BCUT2D eigenvalue weighted by molar-refractivity contribution is 9.10. The third-order valence-corrected chi connectivity index (χ3v) is 4.56. The zero-order valence-corrected chi connectivity index (χ0v) is 14.1. The Morgan fingerprint density at radius 1 is 1.26 bits per heavy atom. The average molecular weight is 401 g/mol. The summed E-state index contributed by atoms with van der Waals surface area (Å²) >= 11 is 3.24. The van der Waals surface area contributed by atoms with E-state index in [2.05, 4.69) is 25.8 Å². The van der Waals surface area contributed by atoms with Gasteiger partial charge in [0.15, 0.2) is 0 Å². The number of hydrazone groups is 1. The van der Waals surface area contributed by atoms with Crippen LogP contribution in [0, 0.1) is 0 Å². The first-order valence-corrected chi connectivity index (χ1v) is 8.57. The van der Waals surface area contributed by atoms with E-state index < -0.39 is 16.1 Å². The van der Waals surface area contributed by atoms with Crippen molar-refractivity contribution in [3.05, 3.63) is 52.4 Å². The van der Waals surface area contributed by atoms with E-state index in [1.165, 1.54) is 18.3 Å². The summed E-state index contributed by atoms with van der Waals surface area (Å²) in [5, 5.41) is 3.53. The van der Waals surface area contributed by atoms with Gasteiger partial charge in [0.05, 0.1) is 17.7 Å². The van der Waals surface area contributed by atoms with Crippen molar-refractivity contribution < 1.29 is 17.6 Å². The lowest BCUT2D eigenvalue weighted by Gasteiger charge is -2.05. The van der Waals surface area contributed by atoms with Gasteiger partial charge in [-0.3, -0.25) is 0 Å². The molecule has 8 nitrogen and oxygen atoms in total. The third-order valence-electron chi connectivity index (χ3n) is 2.61. The van der Waals surface area contributed by atoms with Gasteiger partial charge in [-0.25, -0.2) is 23.4 Å². The molecule has 0 fully saturated rings. The minimum atomic E-state index is -3.63. The number of nitrogens with two attached hydrogens (primary N) is 1. The van der Waals surface area contributed by atoms with Crippen LogP contribution in [0.15, 0.2) is 55.3 Å². The Labute approximate surface area is 140 Å². The number of nitrogens with zero attached hydrogens (tertiary/aromatic N) is 1. The Hall–Kier alpha value is -2.17. The van der Waals surface area contributed by atoms with Crippen molar-refractivity contribution >= 4 is 38.2 Å². The fourth-order valence-corrected chi connectivity index (χ4v) is 2.84. The highest BCUT2D eigenvalue weighted by Gasteiger charge is 2.14. The molecule has 2 rings (SSSR count). The molecule has 0 aliphatic heterocycles. The first-order valence-electron chi connectivity index (χ1n) is 6.29. The number of carbonyl (C=O) groups is 1. The van der Waals surface area contributed by atoms with Gasteiger partial charge in [0.1, 0.15) is 11.5 Å². The number of hydrogen-bond donors (Lipinski definition) is 3. The minimum absolute atomic E-state index is 0.0184. The Morgan fingerprint density at radius 3 is 2.61 bits per heavy atom. The van der Waals surface area contributed by atoms with E-state index in [1.807, 2.05) is 5.43 Å². The van der Waals surface area contributed by atoms with Gasteiger partial charge in [0, 0.05) is 4.47 Å². The van der Waals surface area contributed by atoms with E-state index in [1.54, 1.807) is 24.3 Å². The van der Waals surface area contributed by atoms with Crippen LogP contribution < -0.4 is 15.9 Å². The molecular weight excluding hydrogens is 388 g/mol. The molecule has 0 saturated heterocycles. The molecule has 1 heterocycles. The molecule has 1 aromatic carbocycles. The van der Waals surface area contributed by atoms with Crippen molar-refractivity contribution in [3.63, 3.8) is 0 Å². The Morgan fingerprint density at radius 2 is 1.96 bits per heavy atom. The predicted molar refractivity (Wildman–Crippen MR) is 87.2 cm³/mol. The summed E-state index contributed by atoms with van der Waals surface area (Å²) in [6.07, 6.45) is 1.25. The quantitative estimate of drug-likeness (QED) is 0.501. The smallest absolute Gasteiger partial charge is 0.332 e. The zero-order valence-electron chi connectivity index (χ0n) is 11.7. The van der Waals surface area contributed by atoms with Crippen LogP contribution in [0.5, 0.6) is 0 Å². The number of nitrogens with one attached hydrogen (secondary N) is 2. The summed E-state index contributed by atoms with van der Waals surface area (Å²) in [6.45, 7) is -0.0184. The molecule has 1 aromatic heterocycles. The number of hydrogen-bond acceptors (Lipinski definition) is 5. The lowest BCUT2D eigenvalue weighted by Crippen LogP contribution is -2.24. The number of urea groups is 1. The van der Waals surface area contributed by atoms with Crippen LogP contribution in [0.25, 0.3) is 0 Å². The van der Waals surface area contributed by atoms with Crippen molar-refractivity contribution in [1.82, 2.24) is 10.1 Å². The maximum Gasteiger partial charge on any atom is 0.332 e. The molecule has 0 unspecified atom stereocenters. The number of primary amides is 1. The molecule has 0 aliphatic rings. The van der Waals surface area contributed by atoms with E-state index in [-0.39, 0.29) is 11.4 Å². The fraction of sp³-hybridized carbons (Fsp3) is 0.0769. The Bertz CT molecular complexity index is 815. The number of furan rings is 1. The van der Waals surface area contributed by atoms with Gasteiger partial charge < -0.3 is 10.2 Å². The second-order valence-corrected chi connectivity index (χ2v) is 7.00. The molecule has 0 saturated carbocycles. The molecule has 2 aromatic rings. The number of benzene rings is 1. The van der Waals surface area contributed by atoms with Crippen molar-refractivity contribution in [1.29, 1.82) is 0 Å². The van der Waals surface area contributed by atoms with Crippen LogP contribution in [-0.4, -0.2) is 20.7 Å². The van der Waals surface area contributed by atoms with E-state index in [0.29, 0.717) is 11.5 Å². The maximum absolute atomic E-state index is 12.1. The number of rotatable bonds is 6. The molecule has 0 radical (unpaired) electrons. The molecule has 0 spiro atoms. The zero-order chi connectivity index (χ0) is 16.9. The molecule has 10 heteroatoms. The summed E-state index contributed by atoms with van der Waals surface area (Å²) in [5.41, 5.74) is 6.87. The normalized spacial score (nSPS) is 11.7. The number of sulfonamides is 1. The first-order chi connectivity index (χ1) is 10.9. The number of halogens is 1. The molecule has 0 atom stereocenters. The standard InChI is InChI=1S/C13H13BrN4O4S/c14-9-1-5-12(6-2-9)23(20,21)17-8-11-4-3-10(22-11)7-16-18-13(15)19/h1-7,17H,8H2,(H3,15,18,19)/b16-7-. The minimum Gasteiger partial charge on any atom is -0.459 e. The van der Waals surface area contributed by atoms with E-state index >= 15 is 0 Å². The predicted octanol–water partition coefficient (Wildman–Crippen LogP) is 1.52. The Kier molecular flexibility index (Phi) is 5.53. The SMILES string of the molecule is NC(=O)N/N=C\c1ccc(CNS(=O)(=O)c2ccc(Br)cc2)o1. The monoisotopic (exact) mass is 400 g/mol. The fourth-order valence-electron chi connectivity index (χ4n) is 1.58. The summed E-state index contributed by atoms with van der Waals surface area (Å²) in [4.78, 5) is 10.6. The second-order valence-electron chi connectivity index (χ2n) is 4.32. The highest BCUT2D eigenvalue weighted by Crippen LogP contribution is 2.15. The van der Waals surface area contributed by atoms with Gasteiger partial charge in [0.25, 0.3) is 0 Å². The van der Waals surface area contributed by atoms with E-state index in [0.717, 1.165) is 4.47 Å². The summed E-state index contributed by atoms with van der Waals surface area (Å²) in [7, 11) is -3.63. The van der Waals surface area contributed by atoms with Crippen LogP contribution in [0.1, 0.15) is 11.5 Å². The van der Waals surface area contributed by atoms with Gasteiger partial charge in [-0.05, 0) is 36.4 Å². The van der Waals surface area contributed by atoms with Crippen molar-refractivity contribution in [2.45, 2.75) is 11.4 Å². The molecule has 122 valence electrons. The number of amides is 2. The molecular formula is C13H13BrN4O4S. The summed E-state index contributed by atoms with van der Waals surface area (Å²) in [6, 6.07) is 8.63. The maximum atomic E-state index is 12.1. The summed E-state index contributed by atoms with van der Waals surface area (Å²) in [5.74, 6) is 0.739. The lowest BCUT2D eigenvalue weighted by atomic mass is 10.4. The van der Waals surface area contributed by atoms with E-state index in [4.69, 9.17) is 10.2 Å². The van der Waals surface area contributed by atoms with Crippen molar-refractivity contribution in [2.24, 2.45) is 10.8 Å². The van der Waals surface area contributed by atoms with Crippen LogP contribution in [0.2, 0.25) is 0 Å². The topological polar surface area (TPSA) is 127 Å². The first kappa shape index (κ1) is 17.2. The highest BCUT2D eigenvalue weighted by atomic mass is 79.9. The molecule has 2 amide bonds. The Balaban J connectivity index is 1.98. The lowest BCUT2D eigenvalue weighted by molar-refractivity contribution is 0.249. The third kappa shape index (κ3) is 5.20. The van der Waals surface area contributed by atoms with Gasteiger partial charge >= 0.3 is 6.03 Å². The van der Waals surface area contributed by atoms with Crippen molar-refractivity contribution in [2.75, 3.05) is 0 Å². The van der Waals surface area contributed by atoms with Gasteiger partial charge in [0.2, 0.25) is 10.0 Å². The molecule has 0 bridgehead atoms. The van der Waals surface area contributed by atoms with Gasteiger partial charge in [-0.15, -0.1) is 0 Å². The van der Waals surface area contributed by atoms with Crippen LogP contribution >= 0.6 is 15.9 Å². The molecule has 0 aliphatic carbocycles. The van der Waals surface area contributed by atoms with Gasteiger partial charge in [-0.1, -0.05) is 15.9 Å². The van der Waals surface area contributed by atoms with Crippen LogP contribution in [0.4, 0.5) is 4.79 Å². The molecule has 23 heavy (non-hydrogen) atoms. The average Bonchev–Trinajstić information content (AvgIpc) is 2.93. The van der Waals surface area contributed by atoms with Crippen LogP contribution in [0.3, 0.4) is 0 Å². The van der Waals surface area contributed by atoms with Gasteiger partial charge in [-0.2, -0.15) is 5.10 Å². The summed E-state index contributed by atoms with van der Waals surface area (Å²) < 4.78 is 32.8.